The second-order valence-corrected chi connectivity index (χ2v) is 4.47. The quantitative estimate of drug-likeness (QED) is 0.377. The van der Waals surface area contributed by atoms with Gasteiger partial charge in [0, 0.05) is 0 Å². The Labute approximate surface area is 121 Å². The van der Waals surface area contributed by atoms with Gasteiger partial charge in [0.25, 0.3) is 0 Å². The molecule has 1 N–H and O–H groups in total. The molecule has 0 spiro atoms. The molecule has 0 aliphatic heterocycles. The number of hydrogen-bond acceptors (Lipinski definition) is 2. The third-order valence-corrected chi connectivity index (χ3v) is 3.01. The van der Waals surface area contributed by atoms with Gasteiger partial charge in [0.2, 0.25) is 0 Å². The SMILES string of the molecule is CC(C)c1cc[c-](OO)c1Br.[Fe+2].c1cc[cH-]c1. The summed E-state index contributed by atoms with van der Waals surface area (Å²) >= 11 is 3.33. The molecule has 0 radical (unpaired) electrons. The van der Waals surface area contributed by atoms with Crippen LogP contribution in [-0.2, 0) is 17.1 Å². The third kappa shape index (κ3) is 5.09. The Balaban J connectivity index is 0.000000360. The van der Waals surface area contributed by atoms with Crippen molar-refractivity contribution in [1.29, 1.82) is 0 Å². The van der Waals surface area contributed by atoms with E-state index in [2.05, 4.69) is 34.7 Å². The summed E-state index contributed by atoms with van der Waals surface area (Å²) in [6.07, 6.45) is 0. The number of hydrogen-bond donors (Lipinski definition) is 1. The van der Waals surface area contributed by atoms with Crippen molar-refractivity contribution >= 4 is 15.9 Å². The summed E-state index contributed by atoms with van der Waals surface area (Å²) in [6, 6.07) is 13.7. The first-order chi connectivity index (χ1) is 7.66. The van der Waals surface area contributed by atoms with Crippen molar-refractivity contribution in [2.75, 3.05) is 0 Å². The van der Waals surface area contributed by atoms with E-state index in [0.29, 0.717) is 11.7 Å². The van der Waals surface area contributed by atoms with Gasteiger partial charge in [-0.2, -0.15) is 23.8 Å². The molecule has 0 unspecified atom stereocenters. The maximum absolute atomic E-state index is 8.38. The molecule has 2 nitrogen and oxygen atoms in total. The fourth-order valence-electron chi connectivity index (χ4n) is 1.29. The summed E-state index contributed by atoms with van der Waals surface area (Å²) in [4.78, 5) is 4.13. The van der Waals surface area contributed by atoms with Crippen LogP contribution in [0.1, 0.15) is 25.3 Å². The third-order valence-electron chi connectivity index (χ3n) is 2.16. The van der Waals surface area contributed by atoms with Crippen LogP contribution >= 0.6 is 15.9 Å². The molecule has 0 saturated carbocycles. The summed E-state index contributed by atoms with van der Waals surface area (Å²) in [5.41, 5.74) is 1.15. The number of rotatable bonds is 2. The van der Waals surface area contributed by atoms with Crippen LogP contribution in [0, 0.1) is 0 Å². The predicted octanol–water partition coefficient (Wildman–Crippen LogP) is 4.55. The van der Waals surface area contributed by atoms with Gasteiger partial charge in [0.1, 0.15) is 0 Å². The van der Waals surface area contributed by atoms with Crippen LogP contribution < -0.4 is 4.89 Å². The molecule has 2 aromatic rings. The van der Waals surface area contributed by atoms with Crippen molar-refractivity contribution in [3.63, 3.8) is 0 Å². The van der Waals surface area contributed by atoms with Crippen molar-refractivity contribution in [3.05, 3.63) is 52.5 Å². The van der Waals surface area contributed by atoms with Gasteiger partial charge in [-0.05, 0) is 0 Å². The molecule has 4 heteroatoms. The second-order valence-electron chi connectivity index (χ2n) is 3.68. The Morgan fingerprint density at radius 3 is 2.18 bits per heavy atom. The first-order valence-electron chi connectivity index (χ1n) is 5.10. The Bertz CT molecular complexity index is 376. The largest absolute Gasteiger partial charge is 2.00 e. The minimum atomic E-state index is 0. The van der Waals surface area contributed by atoms with E-state index in [-0.39, 0.29) is 17.1 Å². The molecule has 2 rings (SSSR count). The minimum Gasteiger partial charge on any atom is -0.402 e. The van der Waals surface area contributed by atoms with Crippen LogP contribution in [0.15, 0.2) is 46.9 Å². The molecular weight excluding hydrogens is 324 g/mol. The smallest absolute Gasteiger partial charge is 0.402 e. The topological polar surface area (TPSA) is 29.5 Å². The van der Waals surface area contributed by atoms with E-state index in [9.17, 15) is 0 Å². The van der Waals surface area contributed by atoms with Crippen LogP contribution in [0.5, 0.6) is 5.75 Å². The molecule has 0 aliphatic carbocycles. The molecule has 0 atom stereocenters. The van der Waals surface area contributed by atoms with E-state index in [1.54, 1.807) is 6.07 Å². The van der Waals surface area contributed by atoms with Gasteiger partial charge in [0.15, 0.2) is 0 Å². The normalized spacial score (nSPS) is 9.24. The van der Waals surface area contributed by atoms with Crippen molar-refractivity contribution < 1.29 is 27.2 Å². The van der Waals surface area contributed by atoms with Gasteiger partial charge in [-0.1, -0.05) is 40.2 Å². The Morgan fingerprint density at radius 1 is 1.35 bits per heavy atom. The number of halogens is 1. The first-order valence-corrected chi connectivity index (χ1v) is 5.89. The molecule has 0 saturated heterocycles. The van der Waals surface area contributed by atoms with Gasteiger partial charge in [-0.15, -0.1) is 6.07 Å². The fourth-order valence-corrected chi connectivity index (χ4v) is 2.09. The Kier molecular flexibility index (Phi) is 8.26. The van der Waals surface area contributed by atoms with Gasteiger partial charge >= 0.3 is 17.1 Å². The molecule has 0 amide bonds. The van der Waals surface area contributed by atoms with E-state index in [1.165, 1.54) is 0 Å². The van der Waals surface area contributed by atoms with E-state index >= 15 is 0 Å². The predicted molar refractivity (Wildman–Crippen MR) is 69.1 cm³/mol. The average molecular weight is 339 g/mol. The second kappa shape index (κ2) is 8.54. The van der Waals surface area contributed by atoms with Crippen LogP contribution in [0.3, 0.4) is 0 Å². The Morgan fingerprint density at radius 2 is 1.94 bits per heavy atom. The summed E-state index contributed by atoms with van der Waals surface area (Å²) in [5, 5.41) is 8.38. The minimum absolute atomic E-state index is 0. The molecular formula is C13H15BrFeO2. The molecule has 0 heterocycles. The first kappa shape index (κ1) is 16.5. The fraction of sp³-hybridized carbons (Fsp3) is 0.231. The van der Waals surface area contributed by atoms with Gasteiger partial charge in [-0.3, -0.25) is 0 Å². The zero-order chi connectivity index (χ0) is 12.0. The van der Waals surface area contributed by atoms with Gasteiger partial charge < -0.3 is 4.89 Å². The van der Waals surface area contributed by atoms with E-state index in [0.717, 1.165) is 10.0 Å². The van der Waals surface area contributed by atoms with Crippen LogP contribution in [0.25, 0.3) is 0 Å². The molecule has 0 aliphatic rings. The summed E-state index contributed by atoms with van der Waals surface area (Å²) in [5.74, 6) is 0.918. The van der Waals surface area contributed by atoms with Crippen LogP contribution in [0.4, 0.5) is 0 Å². The molecule has 0 bridgehead atoms. The average Bonchev–Trinajstić information content (AvgIpc) is 2.88. The van der Waals surface area contributed by atoms with Gasteiger partial charge in [0.05, 0.1) is 5.75 Å². The van der Waals surface area contributed by atoms with Crippen molar-refractivity contribution in [1.82, 2.24) is 0 Å². The molecule has 0 aromatic heterocycles. The standard InChI is InChI=1S/C8H10BrO2.C5H5.Fe/c1-5(2)6-3-4-7(11-10)8(6)9;1-2-4-5-3-1;/h3-5,10H,1-2H3;1-5H;/q2*-1;+2. The monoisotopic (exact) mass is 338 g/mol. The van der Waals surface area contributed by atoms with E-state index in [1.807, 2.05) is 36.4 Å². The van der Waals surface area contributed by atoms with Crippen molar-refractivity contribution in [3.8, 4) is 5.75 Å². The summed E-state index contributed by atoms with van der Waals surface area (Å²) in [6.45, 7) is 4.17. The van der Waals surface area contributed by atoms with Gasteiger partial charge in [-0.25, -0.2) is 23.5 Å². The molecule has 17 heavy (non-hydrogen) atoms. The molecule has 94 valence electrons. The summed E-state index contributed by atoms with van der Waals surface area (Å²) in [7, 11) is 0. The van der Waals surface area contributed by atoms with Crippen LogP contribution in [-0.4, -0.2) is 5.26 Å². The van der Waals surface area contributed by atoms with Crippen molar-refractivity contribution in [2.45, 2.75) is 19.8 Å². The van der Waals surface area contributed by atoms with E-state index < -0.39 is 0 Å². The zero-order valence-electron chi connectivity index (χ0n) is 9.71. The van der Waals surface area contributed by atoms with Crippen molar-refractivity contribution in [2.24, 2.45) is 0 Å². The molecule has 2 aromatic carbocycles. The van der Waals surface area contributed by atoms with Crippen LogP contribution in [0.2, 0.25) is 0 Å². The zero-order valence-corrected chi connectivity index (χ0v) is 12.4. The maximum Gasteiger partial charge on any atom is 2.00 e. The molecule has 0 fully saturated rings. The summed E-state index contributed by atoms with van der Waals surface area (Å²) < 4.78 is 0.843. The maximum atomic E-state index is 8.38. The van der Waals surface area contributed by atoms with E-state index in [4.69, 9.17) is 5.26 Å². The Hall–Kier alpha value is -0.541.